The van der Waals surface area contributed by atoms with E-state index in [1.54, 1.807) is 0 Å². The molecule has 0 amide bonds. The van der Waals surface area contributed by atoms with E-state index in [2.05, 4.69) is 20.2 Å². The summed E-state index contributed by atoms with van der Waals surface area (Å²) in [7, 11) is 0. The van der Waals surface area contributed by atoms with Crippen LogP contribution in [0.3, 0.4) is 0 Å². The maximum absolute atomic E-state index is 13.7. The van der Waals surface area contributed by atoms with E-state index >= 15 is 0 Å². The number of hydrogen-bond acceptors (Lipinski definition) is 6. The SMILES string of the molecule is Fc1cc([C@H]2C=C(Oc3cncnc3)NO2)ccc1OC(F)(F)F. The number of nitrogens with zero attached hydrogens (tertiary/aromatic N) is 2. The van der Waals surface area contributed by atoms with Gasteiger partial charge >= 0.3 is 6.36 Å². The fourth-order valence-electron chi connectivity index (χ4n) is 1.91. The number of alkyl halides is 3. The number of ether oxygens (including phenoxy) is 2. The summed E-state index contributed by atoms with van der Waals surface area (Å²) < 4.78 is 59.0. The van der Waals surface area contributed by atoms with Crippen LogP contribution in [0, 0.1) is 5.82 Å². The topological polar surface area (TPSA) is 65.5 Å². The zero-order valence-electron chi connectivity index (χ0n) is 11.7. The maximum Gasteiger partial charge on any atom is 0.573 e. The Morgan fingerprint density at radius 1 is 1.17 bits per heavy atom. The third-order valence-electron chi connectivity index (χ3n) is 2.86. The number of aromatic nitrogens is 2. The fourth-order valence-corrected chi connectivity index (χ4v) is 1.91. The van der Waals surface area contributed by atoms with Gasteiger partial charge in [0.2, 0.25) is 5.88 Å². The first kappa shape index (κ1) is 16.0. The first-order valence-electron chi connectivity index (χ1n) is 6.52. The van der Waals surface area contributed by atoms with Gasteiger partial charge in [-0.3, -0.25) is 4.84 Å². The Hall–Kier alpha value is -2.88. The number of halogens is 4. The first-order valence-corrected chi connectivity index (χ1v) is 6.52. The Kier molecular flexibility index (Phi) is 4.21. The summed E-state index contributed by atoms with van der Waals surface area (Å²) in [5.41, 5.74) is 2.75. The van der Waals surface area contributed by atoms with E-state index in [0.717, 1.165) is 12.1 Å². The lowest BCUT2D eigenvalue weighted by Gasteiger charge is -2.12. The van der Waals surface area contributed by atoms with Crippen molar-refractivity contribution in [2.24, 2.45) is 0 Å². The van der Waals surface area contributed by atoms with Gasteiger partial charge in [0.25, 0.3) is 0 Å². The summed E-state index contributed by atoms with van der Waals surface area (Å²) in [6.45, 7) is 0. The van der Waals surface area contributed by atoms with Crippen molar-refractivity contribution in [3.63, 3.8) is 0 Å². The summed E-state index contributed by atoms with van der Waals surface area (Å²) >= 11 is 0. The highest BCUT2D eigenvalue weighted by Gasteiger charge is 2.32. The van der Waals surface area contributed by atoms with Crippen molar-refractivity contribution in [1.29, 1.82) is 0 Å². The van der Waals surface area contributed by atoms with E-state index < -0.39 is 24.0 Å². The third kappa shape index (κ3) is 3.90. The number of hydrogen-bond donors (Lipinski definition) is 1. The molecule has 0 fully saturated rings. The van der Waals surface area contributed by atoms with Crippen molar-refractivity contribution < 1.29 is 31.9 Å². The third-order valence-corrected chi connectivity index (χ3v) is 2.86. The number of hydroxylamine groups is 1. The van der Waals surface area contributed by atoms with Crippen molar-refractivity contribution in [1.82, 2.24) is 15.4 Å². The van der Waals surface area contributed by atoms with E-state index in [-0.39, 0.29) is 11.4 Å². The van der Waals surface area contributed by atoms with E-state index in [4.69, 9.17) is 9.57 Å². The van der Waals surface area contributed by atoms with Gasteiger partial charge in [-0.05, 0) is 17.7 Å². The highest BCUT2D eigenvalue weighted by molar-refractivity contribution is 5.33. The predicted octanol–water partition coefficient (Wildman–Crippen LogP) is 3.01. The molecule has 1 aliphatic rings. The van der Waals surface area contributed by atoms with Crippen LogP contribution in [0.5, 0.6) is 11.5 Å². The van der Waals surface area contributed by atoms with Gasteiger partial charge in [-0.1, -0.05) is 6.07 Å². The van der Waals surface area contributed by atoms with Crippen molar-refractivity contribution in [2.45, 2.75) is 12.5 Å². The molecule has 2 aromatic rings. The molecule has 6 nitrogen and oxygen atoms in total. The summed E-state index contributed by atoms with van der Waals surface area (Å²) in [5, 5.41) is 0. The van der Waals surface area contributed by atoms with Crippen LogP contribution in [0.15, 0.2) is 48.9 Å². The molecule has 1 N–H and O–H groups in total. The molecule has 0 spiro atoms. The quantitative estimate of drug-likeness (QED) is 0.861. The predicted molar refractivity (Wildman–Crippen MR) is 70.8 cm³/mol. The van der Waals surface area contributed by atoms with Crippen LogP contribution in [0.2, 0.25) is 0 Å². The molecule has 0 bridgehead atoms. The largest absolute Gasteiger partial charge is 0.573 e. The monoisotopic (exact) mass is 343 g/mol. The van der Waals surface area contributed by atoms with Crippen molar-refractivity contribution in [3.05, 3.63) is 60.3 Å². The minimum absolute atomic E-state index is 0.214. The number of benzene rings is 1. The summed E-state index contributed by atoms with van der Waals surface area (Å²) in [5.74, 6) is -1.52. The Labute approximate surface area is 132 Å². The standard InChI is InChI=1S/C14H9F4N3O3/c15-10-3-8(1-2-11(10)23-14(16,17)18)12-4-13(21-24-12)22-9-5-19-7-20-6-9/h1-7,12,21H/t12-/m1/s1. The van der Waals surface area contributed by atoms with Crippen LogP contribution < -0.4 is 15.0 Å². The summed E-state index contributed by atoms with van der Waals surface area (Å²) in [6.07, 6.45) is -0.0643. The lowest BCUT2D eigenvalue weighted by atomic mass is 10.1. The van der Waals surface area contributed by atoms with Crippen LogP contribution in [-0.2, 0) is 4.84 Å². The van der Waals surface area contributed by atoms with E-state index in [0.29, 0.717) is 5.75 Å². The van der Waals surface area contributed by atoms with Crippen LogP contribution >= 0.6 is 0 Å². The minimum atomic E-state index is -4.97. The van der Waals surface area contributed by atoms with Crippen LogP contribution in [0.1, 0.15) is 11.7 Å². The van der Waals surface area contributed by atoms with Gasteiger partial charge in [0.1, 0.15) is 12.4 Å². The van der Waals surface area contributed by atoms with E-state index in [1.165, 1.54) is 30.9 Å². The zero-order chi connectivity index (χ0) is 17.2. The molecular formula is C14H9F4N3O3. The molecule has 1 aromatic carbocycles. The molecule has 0 unspecified atom stereocenters. The zero-order valence-corrected chi connectivity index (χ0v) is 11.7. The van der Waals surface area contributed by atoms with Gasteiger partial charge < -0.3 is 9.47 Å². The normalized spacial score (nSPS) is 17.2. The van der Waals surface area contributed by atoms with E-state index in [1.807, 2.05) is 0 Å². The molecule has 0 aliphatic carbocycles. The average molecular weight is 343 g/mol. The van der Waals surface area contributed by atoms with Gasteiger partial charge in [0, 0.05) is 6.08 Å². The van der Waals surface area contributed by atoms with Crippen LogP contribution in [0.4, 0.5) is 17.6 Å². The van der Waals surface area contributed by atoms with Crippen molar-refractivity contribution in [2.75, 3.05) is 0 Å². The molecule has 1 atom stereocenters. The highest BCUT2D eigenvalue weighted by atomic mass is 19.4. The lowest BCUT2D eigenvalue weighted by Crippen LogP contribution is -2.18. The second-order valence-corrected chi connectivity index (χ2v) is 4.59. The molecule has 2 heterocycles. The van der Waals surface area contributed by atoms with E-state index in [9.17, 15) is 17.6 Å². The molecule has 10 heteroatoms. The average Bonchev–Trinajstić information content (AvgIpc) is 2.97. The lowest BCUT2D eigenvalue weighted by molar-refractivity contribution is -0.275. The molecule has 1 aromatic heterocycles. The molecule has 0 saturated carbocycles. The van der Waals surface area contributed by atoms with Crippen LogP contribution in [0.25, 0.3) is 0 Å². The Morgan fingerprint density at radius 3 is 2.58 bits per heavy atom. The van der Waals surface area contributed by atoms with Crippen molar-refractivity contribution >= 4 is 0 Å². The minimum Gasteiger partial charge on any atom is -0.436 e. The highest BCUT2D eigenvalue weighted by Crippen LogP contribution is 2.31. The molecule has 24 heavy (non-hydrogen) atoms. The van der Waals surface area contributed by atoms with Gasteiger partial charge in [0.15, 0.2) is 17.3 Å². The first-order chi connectivity index (χ1) is 11.4. The Balaban J connectivity index is 1.72. The molecule has 0 saturated heterocycles. The summed E-state index contributed by atoms with van der Waals surface area (Å²) in [6, 6.07) is 3.01. The number of rotatable bonds is 4. The molecule has 0 radical (unpaired) electrons. The maximum atomic E-state index is 13.7. The van der Waals surface area contributed by atoms with Gasteiger partial charge in [-0.15, -0.1) is 13.2 Å². The van der Waals surface area contributed by atoms with Gasteiger partial charge in [-0.2, -0.15) is 0 Å². The Morgan fingerprint density at radius 2 is 1.92 bits per heavy atom. The smallest absolute Gasteiger partial charge is 0.436 e. The number of nitrogens with one attached hydrogen (secondary N) is 1. The fraction of sp³-hybridized carbons (Fsp3) is 0.143. The molecule has 1 aliphatic heterocycles. The van der Waals surface area contributed by atoms with Crippen molar-refractivity contribution in [3.8, 4) is 11.5 Å². The second kappa shape index (κ2) is 6.32. The second-order valence-electron chi connectivity index (χ2n) is 4.59. The molecule has 3 rings (SSSR count). The Bertz CT molecular complexity index is 753. The van der Waals surface area contributed by atoms with Gasteiger partial charge in [0.05, 0.1) is 12.4 Å². The summed E-state index contributed by atoms with van der Waals surface area (Å²) in [4.78, 5) is 12.7. The van der Waals surface area contributed by atoms with Crippen LogP contribution in [-0.4, -0.2) is 16.3 Å². The van der Waals surface area contributed by atoms with Gasteiger partial charge in [-0.25, -0.2) is 19.8 Å². The molecule has 126 valence electrons. The molecular weight excluding hydrogens is 334 g/mol.